The highest BCUT2D eigenvalue weighted by molar-refractivity contribution is 5.92. The Kier molecular flexibility index (Phi) is 5.47. The maximum Gasteiger partial charge on any atom is 0.334 e. The van der Waals surface area contributed by atoms with Crippen molar-refractivity contribution < 1.29 is 19.7 Å². The van der Waals surface area contributed by atoms with Crippen LogP contribution in [0, 0.1) is 28.6 Å². The van der Waals surface area contributed by atoms with Gasteiger partial charge in [-0.1, -0.05) is 13.0 Å². The number of nitrogens with one attached hydrogen (secondary N) is 1. The third kappa shape index (κ3) is 2.77. The molecule has 1 heterocycles. The van der Waals surface area contributed by atoms with Crippen LogP contribution in [0.3, 0.4) is 0 Å². The first kappa shape index (κ1) is 22.3. The number of aliphatic hydroxyl groups is 1. The van der Waals surface area contributed by atoms with Crippen molar-refractivity contribution in [3.05, 3.63) is 23.4 Å². The van der Waals surface area contributed by atoms with Crippen LogP contribution >= 0.6 is 0 Å². The fourth-order valence-electron chi connectivity index (χ4n) is 7.85. The van der Waals surface area contributed by atoms with Crippen LogP contribution in [-0.2, 0) is 9.53 Å². The molecule has 2 saturated carbocycles. The molecule has 4 rings (SSSR count). The van der Waals surface area contributed by atoms with E-state index in [0.29, 0.717) is 31.3 Å². The van der Waals surface area contributed by atoms with E-state index in [0.717, 1.165) is 25.0 Å². The molecule has 4 aliphatic rings. The number of carboxylic acids is 1. The monoisotopic (exact) mass is 432 g/mol. The van der Waals surface area contributed by atoms with Crippen LogP contribution in [0.5, 0.6) is 0 Å². The highest BCUT2D eigenvalue weighted by Crippen LogP contribution is 2.77. The van der Waals surface area contributed by atoms with E-state index in [1.165, 1.54) is 7.11 Å². The normalized spacial score (nSPS) is 41.9. The van der Waals surface area contributed by atoms with Crippen LogP contribution in [0.4, 0.5) is 0 Å². The van der Waals surface area contributed by atoms with Gasteiger partial charge in [-0.25, -0.2) is 4.79 Å². The van der Waals surface area contributed by atoms with E-state index < -0.39 is 17.0 Å². The third-order valence-corrected chi connectivity index (χ3v) is 8.81. The second-order valence-electron chi connectivity index (χ2n) is 9.91. The van der Waals surface area contributed by atoms with Gasteiger partial charge in [-0.2, -0.15) is 0 Å². The number of ether oxygens (including phenoxy) is 1. The molecule has 8 nitrogen and oxygen atoms in total. The van der Waals surface area contributed by atoms with Gasteiger partial charge in [-0.3, -0.25) is 4.99 Å². The van der Waals surface area contributed by atoms with Gasteiger partial charge in [0.2, 0.25) is 0 Å². The highest BCUT2D eigenvalue weighted by atomic mass is 16.5. The molecule has 5 N–H and O–H groups in total. The topological polar surface area (TPSA) is 120 Å². The Labute approximate surface area is 184 Å². The largest absolute Gasteiger partial charge is 0.478 e. The Balaban J connectivity index is 1.97. The number of methoxy groups -OCH3 is 1. The molecule has 0 amide bonds. The molecule has 0 aromatic carbocycles. The Bertz CT molecular complexity index is 855. The average molecular weight is 433 g/mol. The highest BCUT2D eigenvalue weighted by Gasteiger charge is 2.74. The molecule has 0 saturated heterocycles. The Morgan fingerprint density at radius 1 is 1.45 bits per heavy atom. The molecule has 0 unspecified atom stereocenters. The first-order chi connectivity index (χ1) is 14.7. The van der Waals surface area contributed by atoms with Crippen LogP contribution in [0.15, 0.2) is 28.4 Å². The van der Waals surface area contributed by atoms with Crippen molar-refractivity contribution in [3.63, 3.8) is 0 Å². The minimum absolute atomic E-state index is 0.0118. The summed E-state index contributed by atoms with van der Waals surface area (Å²) in [6.07, 6.45) is 7.40. The predicted octanol–water partition coefficient (Wildman–Crippen LogP) is 1.18. The lowest BCUT2D eigenvalue weighted by Crippen LogP contribution is -2.62. The van der Waals surface area contributed by atoms with Crippen LogP contribution < -0.4 is 11.1 Å². The van der Waals surface area contributed by atoms with E-state index in [1.54, 1.807) is 7.05 Å². The summed E-state index contributed by atoms with van der Waals surface area (Å²) in [4.78, 5) is 18.7. The fraction of sp³-hybridized carbons (Fsp3) is 0.739. The number of carbonyl (C=O) groups is 1. The molecule has 2 fully saturated rings. The van der Waals surface area contributed by atoms with Crippen molar-refractivity contribution >= 4 is 11.9 Å². The lowest BCUT2D eigenvalue weighted by Gasteiger charge is -2.61. The number of rotatable bonds is 5. The summed E-state index contributed by atoms with van der Waals surface area (Å²) >= 11 is 0. The Morgan fingerprint density at radius 2 is 2.19 bits per heavy atom. The van der Waals surface area contributed by atoms with Gasteiger partial charge in [0.05, 0.1) is 12.2 Å². The molecule has 1 aliphatic heterocycles. The summed E-state index contributed by atoms with van der Waals surface area (Å²) in [7, 11) is 5.16. The van der Waals surface area contributed by atoms with E-state index in [4.69, 9.17) is 10.5 Å². The number of allylic oxidation sites excluding steroid dienone is 1. The molecule has 8 heteroatoms. The van der Waals surface area contributed by atoms with Crippen LogP contribution in [-0.4, -0.2) is 73.5 Å². The Hall–Kier alpha value is -1.90. The number of hydrogen-bond acceptors (Lipinski definition) is 5. The summed E-state index contributed by atoms with van der Waals surface area (Å²) in [6.45, 7) is 3.68. The standard InChI is InChI=1S/C23H36N4O4/c1-14-5-6-15-9-17-18(19(28)29)21(30,13-31-4)11-22(14,17)23(15)12-27(20(24)26-3)8-7-16(23)10-25-2/h7-8,14-16,25,30H,5-6,9-13H2,1-4H3,(H2,24,26)(H,28,29)/t14-,15-,16-,21+,22+,23-/m1/s1. The van der Waals surface area contributed by atoms with Gasteiger partial charge in [0.25, 0.3) is 0 Å². The fourth-order valence-corrected chi connectivity index (χ4v) is 7.85. The number of carboxylic acid groups (broad SMARTS) is 1. The molecule has 0 aromatic heterocycles. The first-order valence-corrected chi connectivity index (χ1v) is 11.2. The van der Waals surface area contributed by atoms with Gasteiger partial charge >= 0.3 is 5.97 Å². The zero-order valence-corrected chi connectivity index (χ0v) is 19.0. The number of aliphatic carboxylic acids is 1. The van der Waals surface area contributed by atoms with Crippen LogP contribution in [0.2, 0.25) is 0 Å². The lowest BCUT2D eigenvalue weighted by atomic mass is 9.46. The second-order valence-corrected chi connectivity index (χ2v) is 9.91. The van der Waals surface area contributed by atoms with E-state index in [-0.39, 0.29) is 29.4 Å². The summed E-state index contributed by atoms with van der Waals surface area (Å²) < 4.78 is 5.35. The van der Waals surface area contributed by atoms with Crippen molar-refractivity contribution in [2.75, 3.05) is 40.9 Å². The maximum absolute atomic E-state index is 12.5. The smallest absolute Gasteiger partial charge is 0.334 e. The van der Waals surface area contributed by atoms with E-state index >= 15 is 0 Å². The van der Waals surface area contributed by atoms with E-state index in [9.17, 15) is 15.0 Å². The molecule has 3 aliphatic carbocycles. The van der Waals surface area contributed by atoms with Crippen LogP contribution in [0.25, 0.3) is 0 Å². The summed E-state index contributed by atoms with van der Waals surface area (Å²) in [5.41, 5.74) is 5.21. The van der Waals surface area contributed by atoms with Gasteiger partial charge < -0.3 is 30.9 Å². The molecule has 0 aromatic rings. The number of guanidine groups is 1. The lowest BCUT2D eigenvalue weighted by molar-refractivity contribution is -0.138. The van der Waals surface area contributed by atoms with Crippen LogP contribution in [0.1, 0.15) is 32.6 Å². The zero-order chi connectivity index (χ0) is 22.6. The molecule has 2 bridgehead atoms. The second kappa shape index (κ2) is 7.60. The molecule has 172 valence electrons. The summed E-state index contributed by atoms with van der Waals surface area (Å²) in [5, 5.41) is 25.2. The van der Waals surface area contributed by atoms with Crippen molar-refractivity contribution in [3.8, 4) is 0 Å². The van der Waals surface area contributed by atoms with Gasteiger partial charge in [0.15, 0.2) is 5.96 Å². The molecule has 31 heavy (non-hydrogen) atoms. The maximum atomic E-state index is 12.5. The number of aliphatic imine (C=N–C) groups is 1. The van der Waals surface area contributed by atoms with Crippen molar-refractivity contribution in [1.29, 1.82) is 0 Å². The number of nitrogens with zero attached hydrogens (tertiary/aromatic N) is 2. The van der Waals surface area contributed by atoms with E-state index in [1.807, 2.05) is 18.1 Å². The van der Waals surface area contributed by atoms with Crippen molar-refractivity contribution in [1.82, 2.24) is 10.2 Å². The zero-order valence-electron chi connectivity index (χ0n) is 19.0. The molecule has 6 atom stereocenters. The summed E-state index contributed by atoms with van der Waals surface area (Å²) in [6, 6.07) is 0. The molecular formula is C23H36N4O4. The predicted molar refractivity (Wildman–Crippen MR) is 118 cm³/mol. The molecular weight excluding hydrogens is 396 g/mol. The molecule has 2 spiro atoms. The van der Waals surface area contributed by atoms with Gasteiger partial charge in [-0.05, 0) is 56.1 Å². The number of nitrogens with two attached hydrogens (primary N) is 1. The summed E-state index contributed by atoms with van der Waals surface area (Å²) in [5.74, 6) is 0.208. The minimum Gasteiger partial charge on any atom is -0.478 e. The van der Waals surface area contributed by atoms with E-state index in [2.05, 4.69) is 23.3 Å². The molecule has 0 radical (unpaired) electrons. The quantitative estimate of drug-likeness (QED) is 0.380. The van der Waals surface area contributed by atoms with Crippen molar-refractivity contribution in [2.24, 2.45) is 39.3 Å². The van der Waals surface area contributed by atoms with Gasteiger partial charge in [0.1, 0.15) is 5.60 Å². The minimum atomic E-state index is -1.49. The van der Waals surface area contributed by atoms with Crippen molar-refractivity contribution in [2.45, 2.75) is 38.2 Å². The average Bonchev–Trinajstić information content (AvgIpc) is 3.06. The SMILES string of the molecule is CN=C(N)N1C=C[C@H](CNC)[C@@]2(C1)[C@@H]1CC[C@@H](C)[C@]23C[C@](O)(COC)C(C(=O)O)=C3C1. The number of hydrogen-bond donors (Lipinski definition) is 4. The van der Waals surface area contributed by atoms with Gasteiger partial charge in [0, 0.05) is 44.3 Å². The van der Waals surface area contributed by atoms with Gasteiger partial charge in [-0.15, -0.1) is 0 Å². The first-order valence-electron chi connectivity index (χ1n) is 11.2. The third-order valence-electron chi connectivity index (χ3n) is 8.81. The Morgan fingerprint density at radius 3 is 2.81 bits per heavy atom.